The largest absolute Gasteiger partial charge is 0.356 e. The van der Waals surface area contributed by atoms with E-state index in [4.69, 9.17) is 10.7 Å². The monoisotopic (exact) mass is 324 g/mol. The summed E-state index contributed by atoms with van der Waals surface area (Å²) in [4.78, 5) is 14.5. The first-order valence-corrected chi connectivity index (χ1v) is 8.75. The molecule has 0 fully saturated rings. The third kappa shape index (κ3) is 2.82. The molecule has 0 aliphatic heterocycles. The number of H-pyrrole nitrogens is 1. The van der Waals surface area contributed by atoms with Crippen molar-refractivity contribution in [1.29, 1.82) is 0 Å². The molecule has 1 atom stereocenters. The van der Waals surface area contributed by atoms with Gasteiger partial charge in [-0.05, 0) is 23.6 Å². The molecule has 110 valence electrons. The Balaban J connectivity index is 1.62. The number of carbonyl (C=O) groups is 1. The topological polar surface area (TPSA) is 79.0 Å². The number of hydrogen-bond donors (Lipinski definition) is 2. The number of nitrogens with one attached hydrogen (secondary N) is 2. The second kappa shape index (κ2) is 5.20. The molecule has 0 radical (unpaired) electrons. The number of fused-ring (bicyclic) bond motifs is 1. The first kappa shape index (κ1) is 14.2. The molecule has 1 unspecified atom stereocenters. The summed E-state index contributed by atoms with van der Waals surface area (Å²) in [6.45, 7) is 0.526. The zero-order valence-corrected chi connectivity index (χ0v) is 12.5. The minimum absolute atomic E-state index is 0.108. The SMILES string of the molecule is O=C(NCC1Cc2ccccc21)c1cc(S(=O)(=O)Cl)c[nH]1. The van der Waals surface area contributed by atoms with Crippen LogP contribution in [0, 0.1) is 0 Å². The molecule has 1 aliphatic rings. The molecule has 21 heavy (non-hydrogen) atoms. The number of rotatable bonds is 4. The molecule has 0 bridgehead atoms. The maximum Gasteiger partial charge on any atom is 0.267 e. The van der Waals surface area contributed by atoms with E-state index in [0.29, 0.717) is 12.5 Å². The van der Waals surface area contributed by atoms with Crippen LogP contribution in [0.4, 0.5) is 0 Å². The van der Waals surface area contributed by atoms with Crippen LogP contribution in [0.2, 0.25) is 0 Å². The van der Waals surface area contributed by atoms with Crippen molar-refractivity contribution in [3.63, 3.8) is 0 Å². The highest BCUT2D eigenvalue weighted by molar-refractivity contribution is 8.13. The van der Waals surface area contributed by atoms with Gasteiger partial charge in [-0.15, -0.1) is 0 Å². The van der Waals surface area contributed by atoms with E-state index in [1.807, 2.05) is 12.1 Å². The average Bonchev–Trinajstić information content (AvgIpc) is 2.89. The summed E-state index contributed by atoms with van der Waals surface area (Å²) in [6.07, 6.45) is 2.15. The van der Waals surface area contributed by atoms with Gasteiger partial charge in [-0.1, -0.05) is 24.3 Å². The maximum atomic E-state index is 12.0. The lowest BCUT2D eigenvalue weighted by atomic mass is 9.77. The second-order valence-corrected chi connectivity index (χ2v) is 7.56. The molecular formula is C14H13ClN2O3S. The lowest BCUT2D eigenvalue weighted by Crippen LogP contribution is -2.33. The Kier molecular flexibility index (Phi) is 3.51. The van der Waals surface area contributed by atoms with Crippen LogP contribution in [0.3, 0.4) is 0 Å². The average molecular weight is 325 g/mol. The molecule has 3 rings (SSSR count). The summed E-state index contributed by atoms with van der Waals surface area (Å²) in [7, 11) is 1.39. The highest BCUT2D eigenvalue weighted by Gasteiger charge is 2.26. The Hall–Kier alpha value is -1.79. The van der Waals surface area contributed by atoms with Gasteiger partial charge in [-0.3, -0.25) is 4.79 Å². The van der Waals surface area contributed by atoms with Crippen molar-refractivity contribution < 1.29 is 13.2 Å². The van der Waals surface area contributed by atoms with Gasteiger partial charge in [-0.25, -0.2) is 8.42 Å². The Morgan fingerprint density at radius 1 is 1.38 bits per heavy atom. The van der Waals surface area contributed by atoms with E-state index in [9.17, 15) is 13.2 Å². The third-order valence-corrected chi connectivity index (χ3v) is 4.99. The molecule has 2 N–H and O–H groups in total. The molecule has 1 aromatic carbocycles. The number of halogens is 1. The quantitative estimate of drug-likeness (QED) is 0.844. The number of aromatic nitrogens is 1. The predicted octanol–water partition coefficient (Wildman–Crippen LogP) is 2.01. The highest BCUT2D eigenvalue weighted by Crippen LogP contribution is 2.34. The van der Waals surface area contributed by atoms with Crippen LogP contribution in [0.15, 0.2) is 41.4 Å². The zero-order valence-electron chi connectivity index (χ0n) is 11.0. The Labute approximate surface area is 126 Å². The molecule has 0 saturated heterocycles. The standard InChI is InChI=1S/C14H13ClN2O3S/c15-21(19,20)11-6-13(16-8-11)14(18)17-7-10-5-9-3-1-2-4-12(9)10/h1-4,6,8,10,16H,5,7H2,(H,17,18). The molecule has 2 aromatic rings. The summed E-state index contributed by atoms with van der Waals surface area (Å²) in [6, 6.07) is 9.35. The fraction of sp³-hybridized carbons (Fsp3) is 0.214. The molecule has 1 aliphatic carbocycles. The minimum Gasteiger partial charge on any atom is -0.356 e. The van der Waals surface area contributed by atoms with Crippen molar-refractivity contribution in [2.45, 2.75) is 17.2 Å². The Bertz CT molecular complexity index is 798. The predicted molar refractivity (Wildman–Crippen MR) is 79.1 cm³/mol. The van der Waals surface area contributed by atoms with Crippen LogP contribution < -0.4 is 5.32 Å². The Morgan fingerprint density at radius 3 is 2.81 bits per heavy atom. The normalized spacial score (nSPS) is 16.9. The number of amides is 1. The van der Waals surface area contributed by atoms with Crippen molar-refractivity contribution >= 4 is 25.6 Å². The second-order valence-electron chi connectivity index (χ2n) is 5.00. The fourth-order valence-electron chi connectivity index (χ4n) is 2.50. The molecule has 0 saturated carbocycles. The van der Waals surface area contributed by atoms with Gasteiger partial charge in [0.05, 0.1) is 0 Å². The van der Waals surface area contributed by atoms with Crippen molar-refractivity contribution in [3.8, 4) is 0 Å². The van der Waals surface area contributed by atoms with Crippen LogP contribution in [0.1, 0.15) is 27.5 Å². The van der Waals surface area contributed by atoms with Crippen LogP contribution >= 0.6 is 10.7 Å². The van der Waals surface area contributed by atoms with Gasteiger partial charge in [0.15, 0.2) is 0 Å². The zero-order chi connectivity index (χ0) is 15.0. The number of benzene rings is 1. The highest BCUT2D eigenvalue weighted by atomic mass is 35.7. The van der Waals surface area contributed by atoms with E-state index in [0.717, 1.165) is 6.42 Å². The van der Waals surface area contributed by atoms with Crippen LogP contribution in [0.25, 0.3) is 0 Å². The van der Waals surface area contributed by atoms with Crippen molar-refractivity contribution in [2.24, 2.45) is 0 Å². The minimum atomic E-state index is -3.82. The molecule has 1 heterocycles. The lowest BCUT2D eigenvalue weighted by molar-refractivity contribution is 0.0945. The van der Waals surface area contributed by atoms with Gasteiger partial charge in [0, 0.05) is 29.3 Å². The van der Waals surface area contributed by atoms with Gasteiger partial charge in [0.1, 0.15) is 10.6 Å². The van der Waals surface area contributed by atoms with Gasteiger partial charge in [0.25, 0.3) is 15.0 Å². The number of carbonyl (C=O) groups excluding carboxylic acids is 1. The van der Waals surface area contributed by atoms with E-state index in [1.54, 1.807) is 0 Å². The van der Waals surface area contributed by atoms with Gasteiger partial charge < -0.3 is 10.3 Å². The number of hydrogen-bond acceptors (Lipinski definition) is 3. The van der Waals surface area contributed by atoms with Gasteiger partial charge >= 0.3 is 0 Å². The number of aromatic amines is 1. The van der Waals surface area contributed by atoms with Crippen LogP contribution in [-0.2, 0) is 15.5 Å². The van der Waals surface area contributed by atoms with Gasteiger partial charge in [-0.2, -0.15) is 0 Å². The van der Waals surface area contributed by atoms with E-state index >= 15 is 0 Å². The van der Waals surface area contributed by atoms with E-state index in [1.165, 1.54) is 23.4 Å². The van der Waals surface area contributed by atoms with Gasteiger partial charge in [0.2, 0.25) is 0 Å². The van der Waals surface area contributed by atoms with Crippen molar-refractivity contribution in [2.75, 3.05) is 6.54 Å². The smallest absolute Gasteiger partial charge is 0.267 e. The molecule has 1 amide bonds. The molecular weight excluding hydrogens is 312 g/mol. The molecule has 7 heteroatoms. The summed E-state index contributed by atoms with van der Waals surface area (Å²) >= 11 is 0. The van der Waals surface area contributed by atoms with Crippen LogP contribution in [0.5, 0.6) is 0 Å². The summed E-state index contributed by atoms with van der Waals surface area (Å²) in [5.74, 6) is -0.0257. The van der Waals surface area contributed by atoms with Crippen molar-refractivity contribution in [1.82, 2.24) is 10.3 Å². The van der Waals surface area contributed by atoms with E-state index in [-0.39, 0.29) is 16.5 Å². The first-order valence-electron chi connectivity index (χ1n) is 6.44. The molecule has 5 nitrogen and oxygen atoms in total. The first-order chi connectivity index (χ1) is 9.95. The lowest BCUT2D eigenvalue weighted by Gasteiger charge is -2.30. The summed E-state index contributed by atoms with van der Waals surface area (Å²) < 4.78 is 22.3. The van der Waals surface area contributed by atoms with E-state index < -0.39 is 9.05 Å². The van der Waals surface area contributed by atoms with Crippen LogP contribution in [-0.4, -0.2) is 25.9 Å². The summed E-state index contributed by atoms with van der Waals surface area (Å²) in [5, 5.41) is 2.80. The Morgan fingerprint density at radius 2 is 2.14 bits per heavy atom. The summed E-state index contributed by atoms with van der Waals surface area (Å²) in [5.41, 5.74) is 2.75. The third-order valence-electron chi connectivity index (χ3n) is 3.65. The molecule has 1 aromatic heterocycles. The van der Waals surface area contributed by atoms with E-state index in [2.05, 4.69) is 22.4 Å². The fourth-order valence-corrected chi connectivity index (χ4v) is 3.23. The maximum absolute atomic E-state index is 12.0. The van der Waals surface area contributed by atoms with Crippen molar-refractivity contribution in [3.05, 3.63) is 53.3 Å². The molecule has 0 spiro atoms.